The molecule has 1 aliphatic rings. The predicted molar refractivity (Wildman–Crippen MR) is 72.7 cm³/mol. The lowest BCUT2D eigenvalue weighted by Crippen LogP contribution is -2.44. The highest BCUT2D eigenvalue weighted by atomic mass is 32.1. The number of hydrogen-bond acceptors (Lipinski definition) is 4. The molecular formula is C13H17N3S. The number of thiophene rings is 1. The quantitative estimate of drug-likeness (QED) is 0.772. The summed E-state index contributed by atoms with van der Waals surface area (Å²) in [6.45, 7) is 4.61. The first kappa shape index (κ1) is 11.0. The summed E-state index contributed by atoms with van der Waals surface area (Å²) in [6, 6.07) is 3.24. The molecular weight excluding hydrogens is 230 g/mol. The van der Waals surface area contributed by atoms with Gasteiger partial charge in [-0.05, 0) is 44.6 Å². The zero-order valence-corrected chi connectivity index (χ0v) is 11.1. The van der Waals surface area contributed by atoms with Gasteiger partial charge in [0.05, 0.1) is 10.2 Å². The first-order valence-electron chi connectivity index (χ1n) is 6.24. The van der Waals surface area contributed by atoms with Crippen LogP contribution in [-0.4, -0.2) is 22.1 Å². The Morgan fingerprint density at radius 2 is 2.00 bits per heavy atom. The van der Waals surface area contributed by atoms with E-state index in [2.05, 4.69) is 40.2 Å². The summed E-state index contributed by atoms with van der Waals surface area (Å²) in [7, 11) is 0. The van der Waals surface area contributed by atoms with Crippen molar-refractivity contribution < 1.29 is 0 Å². The van der Waals surface area contributed by atoms with Crippen LogP contribution in [0, 0.1) is 0 Å². The Morgan fingerprint density at radius 1 is 1.24 bits per heavy atom. The minimum absolute atomic E-state index is 0.582. The van der Waals surface area contributed by atoms with Gasteiger partial charge in [-0.25, -0.2) is 9.97 Å². The van der Waals surface area contributed by atoms with Gasteiger partial charge < -0.3 is 4.90 Å². The molecule has 2 atom stereocenters. The van der Waals surface area contributed by atoms with Crippen molar-refractivity contribution in [2.75, 3.05) is 4.90 Å². The second-order valence-corrected chi connectivity index (χ2v) is 5.78. The molecule has 0 bridgehead atoms. The fourth-order valence-electron chi connectivity index (χ4n) is 2.80. The van der Waals surface area contributed by atoms with Crippen LogP contribution in [0.2, 0.25) is 0 Å². The Hall–Kier alpha value is -1.16. The minimum atomic E-state index is 0.582. The van der Waals surface area contributed by atoms with E-state index >= 15 is 0 Å². The molecule has 3 rings (SSSR count). The van der Waals surface area contributed by atoms with Gasteiger partial charge in [-0.15, -0.1) is 11.3 Å². The Labute approximate surface area is 106 Å². The van der Waals surface area contributed by atoms with Crippen molar-refractivity contribution in [1.29, 1.82) is 0 Å². The van der Waals surface area contributed by atoms with Gasteiger partial charge in [-0.2, -0.15) is 0 Å². The minimum Gasteiger partial charge on any atom is -0.350 e. The van der Waals surface area contributed by atoms with Crippen LogP contribution in [0.1, 0.15) is 33.1 Å². The number of anilines is 1. The van der Waals surface area contributed by atoms with Crippen LogP contribution in [-0.2, 0) is 0 Å². The highest BCUT2D eigenvalue weighted by Gasteiger charge is 2.27. The topological polar surface area (TPSA) is 29.0 Å². The molecule has 2 aromatic heterocycles. The Kier molecular flexibility index (Phi) is 2.74. The van der Waals surface area contributed by atoms with Crippen LogP contribution in [0.5, 0.6) is 0 Å². The summed E-state index contributed by atoms with van der Waals surface area (Å²) >= 11 is 1.74. The van der Waals surface area contributed by atoms with Gasteiger partial charge in [0, 0.05) is 12.1 Å². The van der Waals surface area contributed by atoms with Gasteiger partial charge in [0.1, 0.15) is 6.33 Å². The SMILES string of the molecule is C[C@@H]1CCC[C@H](C)N1c1ncnc2ccsc12. The van der Waals surface area contributed by atoms with Gasteiger partial charge in [-0.1, -0.05) is 0 Å². The second-order valence-electron chi connectivity index (χ2n) is 4.87. The number of fused-ring (bicyclic) bond motifs is 1. The lowest BCUT2D eigenvalue weighted by Gasteiger charge is -2.40. The normalized spacial score (nSPS) is 25.4. The van der Waals surface area contributed by atoms with Crippen molar-refractivity contribution >= 4 is 27.4 Å². The molecule has 0 saturated carbocycles. The molecule has 1 saturated heterocycles. The Morgan fingerprint density at radius 3 is 2.76 bits per heavy atom. The first-order valence-corrected chi connectivity index (χ1v) is 7.12. The van der Waals surface area contributed by atoms with E-state index in [1.54, 1.807) is 17.7 Å². The van der Waals surface area contributed by atoms with Crippen LogP contribution < -0.4 is 4.90 Å². The third kappa shape index (κ3) is 1.80. The highest BCUT2D eigenvalue weighted by Crippen LogP contribution is 2.34. The molecule has 0 spiro atoms. The van der Waals surface area contributed by atoms with Crippen LogP contribution in [0.15, 0.2) is 17.8 Å². The summed E-state index contributed by atoms with van der Waals surface area (Å²) in [4.78, 5) is 11.3. The third-order valence-corrected chi connectivity index (χ3v) is 4.56. The Balaban J connectivity index is 2.10. The van der Waals surface area contributed by atoms with Crippen molar-refractivity contribution in [2.45, 2.75) is 45.2 Å². The zero-order chi connectivity index (χ0) is 11.8. The molecule has 0 aromatic carbocycles. The average molecular weight is 247 g/mol. The molecule has 0 radical (unpaired) electrons. The van der Waals surface area contributed by atoms with E-state index in [0.717, 1.165) is 11.3 Å². The number of rotatable bonds is 1. The average Bonchev–Trinajstić information content (AvgIpc) is 2.77. The molecule has 17 heavy (non-hydrogen) atoms. The van der Waals surface area contributed by atoms with E-state index in [1.807, 2.05) is 0 Å². The lowest BCUT2D eigenvalue weighted by molar-refractivity contribution is 0.412. The maximum absolute atomic E-state index is 4.53. The van der Waals surface area contributed by atoms with Gasteiger partial charge >= 0.3 is 0 Å². The van der Waals surface area contributed by atoms with Gasteiger partial charge in [0.15, 0.2) is 5.82 Å². The molecule has 3 nitrogen and oxygen atoms in total. The molecule has 3 heterocycles. The number of hydrogen-bond donors (Lipinski definition) is 0. The van der Waals surface area contributed by atoms with E-state index in [4.69, 9.17) is 0 Å². The highest BCUT2D eigenvalue weighted by molar-refractivity contribution is 7.17. The van der Waals surface area contributed by atoms with E-state index in [-0.39, 0.29) is 0 Å². The van der Waals surface area contributed by atoms with Gasteiger partial charge in [0.2, 0.25) is 0 Å². The standard InChI is InChI=1S/C13H17N3S/c1-9-4-3-5-10(2)16(9)13-12-11(6-7-17-12)14-8-15-13/h6-10H,3-5H2,1-2H3/t9-,10+. The van der Waals surface area contributed by atoms with E-state index in [9.17, 15) is 0 Å². The van der Waals surface area contributed by atoms with Crippen molar-refractivity contribution in [3.8, 4) is 0 Å². The number of nitrogens with zero attached hydrogens (tertiary/aromatic N) is 3. The largest absolute Gasteiger partial charge is 0.350 e. The van der Waals surface area contributed by atoms with E-state index < -0.39 is 0 Å². The number of aromatic nitrogens is 2. The molecule has 0 aliphatic carbocycles. The van der Waals surface area contributed by atoms with Crippen molar-refractivity contribution in [2.24, 2.45) is 0 Å². The van der Waals surface area contributed by atoms with Gasteiger partial charge in [-0.3, -0.25) is 0 Å². The molecule has 0 amide bonds. The summed E-state index contributed by atoms with van der Waals surface area (Å²) in [5.41, 5.74) is 1.07. The monoisotopic (exact) mass is 247 g/mol. The van der Waals surface area contributed by atoms with Crippen LogP contribution in [0.3, 0.4) is 0 Å². The summed E-state index contributed by atoms with van der Waals surface area (Å²) in [6.07, 6.45) is 5.55. The van der Waals surface area contributed by atoms with E-state index in [1.165, 1.54) is 24.0 Å². The van der Waals surface area contributed by atoms with Crippen LogP contribution in [0.25, 0.3) is 10.2 Å². The number of piperidine rings is 1. The molecule has 2 aromatic rings. The van der Waals surface area contributed by atoms with E-state index in [0.29, 0.717) is 12.1 Å². The van der Waals surface area contributed by atoms with Crippen molar-refractivity contribution in [3.63, 3.8) is 0 Å². The first-order chi connectivity index (χ1) is 8.27. The third-order valence-electron chi connectivity index (χ3n) is 3.66. The molecule has 1 fully saturated rings. The summed E-state index contributed by atoms with van der Waals surface area (Å²) in [5, 5.41) is 2.10. The maximum Gasteiger partial charge on any atom is 0.150 e. The van der Waals surface area contributed by atoms with Crippen molar-refractivity contribution in [3.05, 3.63) is 17.8 Å². The summed E-state index contributed by atoms with van der Waals surface area (Å²) < 4.78 is 1.23. The summed E-state index contributed by atoms with van der Waals surface area (Å²) in [5.74, 6) is 1.13. The molecule has 0 N–H and O–H groups in total. The molecule has 1 aliphatic heterocycles. The van der Waals surface area contributed by atoms with Crippen LogP contribution >= 0.6 is 11.3 Å². The molecule has 90 valence electrons. The molecule has 0 unspecified atom stereocenters. The second kappa shape index (κ2) is 4.26. The van der Waals surface area contributed by atoms with Gasteiger partial charge in [0.25, 0.3) is 0 Å². The van der Waals surface area contributed by atoms with Crippen LogP contribution in [0.4, 0.5) is 5.82 Å². The lowest BCUT2D eigenvalue weighted by atomic mass is 9.97. The van der Waals surface area contributed by atoms with Crippen molar-refractivity contribution in [1.82, 2.24) is 9.97 Å². The zero-order valence-electron chi connectivity index (χ0n) is 10.3. The smallest absolute Gasteiger partial charge is 0.150 e. The molecule has 4 heteroatoms. The Bertz CT molecular complexity index is 512. The fourth-order valence-corrected chi connectivity index (χ4v) is 3.64. The predicted octanol–water partition coefficient (Wildman–Crippen LogP) is 3.46. The fraction of sp³-hybridized carbons (Fsp3) is 0.538. The maximum atomic E-state index is 4.53.